The second kappa shape index (κ2) is 4.89. The number of ketones is 1. The smallest absolute Gasteiger partial charge is 0.378 e. The molecule has 0 aliphatic heterocycles. The molecular weight excluding hydrogens is 248 g/mol. The molecule has 0 aliphatic rings. The van der Waals surface area contributed by atoms with Crippen molar-refractivity contribution in [3.63, 3.8) is 0 Å². The van der Waals surface area contributed by atoms with Crippen molar-refractivity contribution in [1.29, 1.82) is 0 Å². The molecule has 2 rings (SSSR count). The molecular formula is C12H12N4O3. The van der Waals surface area contributed by atoms with Gasteiger partial charge in [-0.25, -0.2) is 0 Å². The molecule has 0 unspecified atom stereocenters. The van der Waals surface area contributed by atoms with Gasteiger partial charge in [-0.2, -0.15) is 0 Å². The normalized spacial score (nSPS) is 10.4. The minimum atomic E-state index is -0.661. The van der Waals surface area contributed by atoms with Crippen molar-refractivity contribution in [2.24, 2.45) is 0 Å². The first-order valence-electron chi connectivity index (χ1n) is 5.56. The number of nitro groups is 1. The fraction of sp³-hybridized carbons (Fsp3) is 0.167. The third-order valence-corrected chi connectivity index (χ3v) is 2.75. The summed E-state index contributed by atoms with van der Waals surface area (Å²) in [6.07, 6.45) is 0. The Kier molecular flexibility index (Phi) is 3.28. The minimum absolute atomic E-state index is 0.0669. The summed E-state index contributed by atoms with van der Waals surface area (Å²) in [6.45, 7) is 1.50. The van der Waals surface area contributed by atoms with Gasteiger partial charge in [0.25, 0.3) is 0 Å². The lowest BCUT2D eigenvalue weighted by atomic mass is 10.1. The van der Waals surface area contributed by atoms with Crippen molar-refractivity contribution < 1.29 is 9.72 Å². The number of nitrogen functional groups attached to an aromatic ring is 1. The molecule has 0 bridgehead atoms. The number of imidazole rings is 1. The van der Waals surface area contributed by atoms with Crippen molar-refractivity contribution in [2.75, 3.05) is 5.73 Å². The maximum atomic E-state index is 12.0. The SMILES string of the molecule is Cc1nc([N+](=O)[O-])c(N)n1CC(=O)c1ccccc1. The molecule has 0 amide bonds. The second-order valence-corrected chi connectivity index (χ2v) is 4.00. The van der Waals surface area contributed by atoms with Gasteiger partial charge in [0, 0.05) is 12.5 Å². The summed E-state index contributed by atoms with van der Waals surface area (Å²) in [5, 5.41) is 10.7. The lowest BCUT2D eigenvalue weighted by Gasteiger charge is -2.04. The Bertz CT molecular complexity index is 634. The molecule has 0 fully saturated rings. The van der Waals surface area contributed by atoms with Gasteiger partial charge in [0.15, 0.2) is 5.78 Å². The zero-order valence-electron chi connectivity index (χ0n) is 10.2. The van der Waals surface area contributed by atoms with Crippen LogP contribution in [0.4, 0.5) is 11.6 Å². The molecule has 0 aliphatic carbocycles. The molecule has 19 heavy (non-hydrogen) atoms. The van der Waals surface area contributed by atoms with E-state index in [9.17, 15) is 14.9 Å². The summed E-state index contributed by atoms with van der Waals surface area (Å²) in [5.41, 5.74) is 6.16. The molecule has 0 radical (unpaired) electrons. The number of carbonyl (C=O) groups is 1. The van der Waals surface area contributed by atoms with Crippen molar-refractivity contribution in [3.8, 4) is 0 Å². The lowest BCUT2D eigenvalue weighted by Crippen LogP contribution is -2.14. The largest absolute Gasteiger partial charge is 0.406 e. The van der Waals surface area contributed by atoms with Gasteiger partial charge in [-0.05, 0) is 9.91 Å². The van der Waals surface area contributed by atoms with Gasteiger partial charge in [-0.3, -0.25) is 9.36 Å². The van der Waals surface area contributed by atoms with Crippen molar-refractivity contribution in [3.05, 3.63) is 51.8 Å². The number of carbonyl (C=O) groups excluding carboxylic acids is 1. The highest BCUT2D eigenvalue weighted by molar-refractivity contribution is 5.96. The predicted molar refractivity (Wildman–Crippen MR) is 68.8 cm³/mol. The van der Waals surface area contributed by atoms with Crippen LogP contribution in [0.5, 0.6) is 0 Å². The van der Waals surface area contributed by atoms with Crippen LogP contribution in [0.3, 0.4) is 0 Å². The van der Waals surface area contributed by atoms with E-state index in [1.54, 1.807) is 37.3 Å². The molecule has 7 heteroatoms. The summed E-state index contributed by atoms with van der Waals surface area (Å²) in [4.78, 5) is 25.8. The Morgan fingerprint density at radius 2 is 2.05 bits per heavy atom. The fourth-order valence-corrected chi connectivity index (χ4v) is 1.76. The third kappa shape index (κ3) is 2.44. The standard InChI is InChI=1S/C12H12N4O3/c1-8-14-12(16(18)19)11(13)15(8)7-10(17)9-5-3-2-4-6-9/h2-6H,7,13H2,1H3. The summed E-state index contributed by atoms with van der Waals surface area (Å²) < 4.78 is 1.34. The number of aromatic nitrogens is 2. The van der Waals surface area contributed by atoms with Gasteiger partial charge >= 0.3 is 5.82 Å². The molecule has 0 saturated carbocycles. The maximum Gasteiger partial charge on any atom is 0.406 e. The van der Waals surface area contributed by atoms with Crippen molar-refractivity contribution in [2.45, 2.75) is 13.5 Å². The highest BCUT2D eigenvalue weighted by atomic mass is 16.6. The average Bonchev–Trinajstić information content (AvgIpc) is 2.68. The van der Waals surface area contributed by atoms with Gasteiger partial charge in [-0.1, -0.05) is 30.3 Å². The van der Waals surface area contributed by atoms with Crippen LogP contribution in [0.2, 0.25) is 0 Å². The molecule has 1 aromatic carbocycles. The fourth-order valence-electron chi connectivity index (χ4n) is 1.76. The quantitative estimate of drug-likeness (QED) is 0.510. The Morgan fingerprint density at radius 3 is 2.58 bits per heavy atom. The summed E-state index contributed by atoms with van der Waals surface area (Å²) >= 11 is 0. The van der Waals surface area contributed by atoms with Gasteiger partial charge in [-0.15, -0.1) is 0 Å². The summed E-state index contributed by atoms with van der Waals surface area (Å²) in [7, 11) is 0. The molecule has 2 aromatic rings. The van der Waals surface area contributed by atoms with Crippen molar-refractivity contribution in [1.82, 2.24) is 9.55 Å². The monoisotopic (exact) mass is 260 g/mol. The Hall–Kier alpha value is -2.70. The van der Waals surface area contributed by atoms with Crippen LogP contribution in [0.25, 0.3) is 0 Å². The number of hydrogen-bond acceptors (Lipinski definition) is 5. The van der Waals surface area contributed by atoms with Gasteiger partial charge in [0.2, 0.25) is 11.6 Å². The van der Waals surface area contributed by atoms with Crippen LogP contribution in [0.1, 0.15) is 16.2 Å². The Labute approximate surface area is 108 Å². The van der Waals surface area contributed by atoms with E-state index in [1.807, 2.05) is 0 Å². The van der Waals surface area contributed by atoms with Crippen LogP contribution in [-0.2, 0) is 6.54 Å². The highest BCUT2D eigenvalue weighted by Gasteiger charge is 2.24. The van der Waals surface area contributed by atoms with Crippen LogP contribution in [-0.4, -0.2) is 20.3 Å². The zero-order chi connectivity index (χ0) is 14.0. The number of rotatable bonds is 4. The number of Topliss-reactive ketones (excluding diaryl/α,β-unsaturated/α-hetero) is 1. The Morgan fingerprint density at radius 1 is 1.42 bits per heavy atom. The third-order valence-electron chi connectivity index (χ3n) is 2.75. The van der Waals surface area contributed by atoms with Crippen molar-refractivity contribution >= 4 is 17.4 Å². The zero-order valence-corrected chi connectivity index (χ0v) is 10.2. The first-order valence-corrected chi connectivity index (χ1v) is 5.56. The van der Waals surface area contributed by atoms with E-state index in [4.69, 9.17) is 5.73 Å². The molecule has 1 heterocycles. The molecule has 1 aromatic heterocycles. The summed E-state index contributed by atoms with van der Waals surface area (Å²) in [6, 6.07) is 8.66. The van der Waals surface area contributed by atoms with Gasteiger partial charge in [0.1, 0.15) is 0 Å². The highest BCUT2D eigenvalue weighted by Crippen LogP contribution is 2.21. The summed E-state index contributed by atoms with van der Waals surface area (Å²) in [5.74, 6) is -0.360. The lowest BCUT2D eigenvalue weighted by molar-refractivity contribution is -0.388. The second-order valence-electron chi connectivity index (χ2n) is 4.00. The molecule has 0 spiro atoms. The van der Waals surface area contributed by atoms with E-state index >= 15 is 0 Å². The maximum absolute atomic E-state index is 12.0. The van der Waals surface area contributed by atoms with E-state index in [2.05, 4.69) is 4.98 Å². The van der Waals surface area contributed by atoms with Crippen LogP contribution in [0, 0.1) is 17.0 Å². The number of benzene rings is 1. The number of nitrogens with two attached hydrogens (primary N) is 1. The molecule has 98 valence electrons. The number of aryl methyl sites for hydroxylation is 1. The van der Waals surface area contributed by atoms with E-state index in [1.165, 1.54) is 4.57 Å². The minimum Gasteiger partial charge on any atom is -0.378 e. The van der Waals surface area contributed by atoms with E-state index in [0.29, 0.717) is 11.4 Å². The Balaban J connectivity index is 2.30. The number of nitrogens with zero attached hydrogens (tertiary/aromatic N) is 3. The van der Waals surface area contributed by atoms with E-state index in [-0.39, 0.29) is 18.1 Å². The number of hydrogen-bond donors (Lipinski definition) is 1. The van der Waals surface area contributed by atoms with Crippen LogP contribution in [0.15, 0.2) is 30.3 Å². The van der Waals surface area contributed by atoms with Gasteiger partial charge in [0.05, 0.1) is 6.54 Å². The first kappa shape index (κ1) is 12.7. The predicted octanol–water partition coefficient (Wildman–Crippen LogP) is 1.56. The molecule has 2 N–H and O–H groups in total. The van der Waals surface area contributed by atoms with Crippen LogP contribution >= 0.6 is 0 Å². The molecule has 0 atom stereocenters. The molecule has 7 nitrogen and oxygen atoms in total. The van der Waals surface area contributed by atoms with Gasteiger partial charge < -0.3 is 15.8 Å². The first-order chi connectivity index (χ1) is 9.00. The van der Waals surface area contributed by atoms with E-state index in [0.717, 1.165) is 0 Å². The average molecular weight is 260 g/mol. The molecule has 0 saturated heterocycles. The topological polar surface area (TPSA) is 104 Å². The van der Waals surface area contributed by atoms with Crippen LogP contribution < -0.4 is 5.73 Å². The van der Waals surface area contributed by atoms with E-state index < -0.39 is 10.7 Å². The number of anilines is 1.